The van der Waals surface area contributed by atoms with Crippen molar-refractivity contribution in [3.05, 3.63) is 0 Å². The zero-order valence-corrected chi connectivity index (χ0v) is 13.5. The fraction of sp³-hybridized carbons (Fsp3) is 1.00. The van der Waals surface area contributed by atoms with E-state index in [1.54, 1.807) is 0 Å². The minimum Gasteiger partial charge on any atom is -0.255 e. The zero-order valence-electron chi connectivity index (χ0n) is 13.5. The third-order valence-electron chi connectivity index (χ3n) is 5.54. The quantitative estimate of drug-likeness (QED) is 0.746. The van der Waals surface area contributed by atoms with Crippen molar-refractivity contribution in [1.82, 2.24) is 10.9 Å². The third kappa shape index (κ3) is 4.46. The molecule has 2 N–H and O–H groups in total. The van der Waals surface area contributed by atoms with E-state index in [4.69, 9.17) is 0 Å². The van der Waals surface area contributed by atoms with Crippen LogP contribution in [0.15, 0.2) is 0 Å². The molecule has 0 heterocycles. The molecule has 0 aliphatic heterocycles. The lowest BCUT2D eigenvalue weighted by Crippen LogP contribution is -2.51. The summed E-state index contributed by atoms with van der Waals surface area (Å²) in [5, 5.41) is 0. The molecule has 2 nitrogen and oxygen atoms in total. The number of nitrogens with one attached hydrogen (secondary N) is 2. The molecule has 0 radical (unpaired) electrons. The Hall–Kier alpha value is -0.0800. The van der Waals surface area contributed by atoms with Crippen molar-refractivity contribution < 1.29 is 0 Å². The molecule has 0 aromatic rings. The van der Waals surface area contributed by atoms with E-state index in [0.29, 0.717) is 17.5 Å². The minimum atomic E-state index is 0.496. The van der Waals surface area contributed by atoms with Crippen LogP contribution in [0, 0.1) is 17.3 Å². The van der Waals surface area contributed by atoms with E-state index < -0.39 is 0 Å². The summed E-state index contributed by atoms with van der Waals surface area (Å²) in [6.07, 6.45) is 11.1. The number of hydrazine groups is 1. The summed E-state index contributed by atoms with van der Waals surface area (Å²) in [6, 6.07) is 1.40. The van der Waals surface area contributed by atoms with Crippen molar-refractivity contribution in [3.63, 3.8) is 0 Å². The summed E-state index contributed by atoms with van der Waals surface area (Å²) in [7, 11) is 0. The Morgan fingerprint density at radius 2 is 1.42 bits per heavy atom. The maximum atomic E-state index is 3.64. The monoisotopic (exact) mass is 266 g/mol. The van der Waals surface area contributed by atoms with Crippen LogP contribution in [0.25, 0.3) is 0 Å². The van der Waals surface area contributed by atoms with Gasteiger partial charge in [-0.1, -0.05) is 40.5 Å². The molecule has 2 atom stereocenters. The molecular weight excluding hydrogens is 232 g/mol. The summed E-state index contributed by atoms with van der Waals surface area (Å²) in [4.78, 5) is 0. The normalized spacial score (nSPS) is 37.3. The lowest BCUT2D eigenvalue weighted by molar-refractivity contribution is 0.145. The van der Waals surface area contributed by atoms with Gasteiger partial charge in [-0.15, -0.1) is 0 Å². The second-order valence-corrected chi connectivity index (χ2v) is 8.07. The average Bonchev–Trinajstić information content (AvgIpc) is 2.37. The van der Waals surface area contributed by atoms with Crippen LogP contribution in [0.3, 0.4) is 0 Å². The van der Waals surface area contributed by atoms with Crippen LogP contribution in [0.4, 0.5) is 0 Å². The molecule has 2 aliphatic carbocycles. The summed E-state index contributed by atoms with van der Waals surface area (Å²) in [5.41, 5.74) is 7.78. The maximum absolute atomic E-state index is 3.64. The molecule has 112 valence electrons. The average molecular weight is 266 g/mol. The standard InChI is InChI=1S/C17H34N2/c1-13-7-5-6-8-16(13)19-18-15-11-9-14(10-12-15)17(2,3)4/h13-16,18-19H,5-12H2,1-4H3. The molecule has 2 unspecified atom stereocenters. The molecule has 0 aromatic carbocycles. The summed E-state index contributed by atoms with van der Waals surface area (Å²) in [5.74, 6) is 1.76. The van der Waals surface area contributed by atoms with Gasteiger partial charge in [-0.2, -0.15) is 0 Å². The highest BCUT2D eigenvalue weighted by Gasteiger charge is 2.30. The van der Waals surface area contributed by atoms with Crippen molar-refractivity contribution in [1.29, 1.82) is 0 Å². The van der Waals surface area contributed by atoms with Gasteiger partial charge >= 0.3 is 0 Å². The molecule has 2 saturated carbocycles. The molecule has 2 heteroatoms. The van der Waals surface area contributed by atoms with Gasteiger partial charge in [-0.3, -0.25) is 10.9 Å². The summed E-state index contributed by atoms with van der Waals surface area (Å²) < 4.78 is 0. The Balaban J connectivity index is 1.68. The predicted octanol–water partition coefficient (Wildman–Crippen LogP) is 4.26. The fourth-order valence-electron chi connectivity index (χ4n) is 3.86. The Bertz CT molecular complexity index is 261. The van der Waals surface area contributed by atoms with Gasteiger partial charge in [-0.25, -0.2) is 0 Å². The largest absolute Gasteiger partial charge is 0.255 e. The maximum Gasteiger partial charge on any atom is 0.0238 e. The lowest BCUT2D eigenvalue weighted by atomic mass is 9.71. The first kappa shape index (κ1) is 15.3. The van der Waals surface area contributed by atoms with Crippen molar-refractivity contribution >= 4 is 0 Å². The molecule has 2 aliphatic rings. The van der Waals surface area contributed by atoms with E-state index in [0.717, 1.165) is 11.8 Å². The van der Waals surface area contributed by atoms with Crippen molar-refractivity contribution in [2.45, 2.75) is 91.1 Å². The molecule has 2 rings (SSSR count). The van der Waals surface area contributed by atoms with Gasteiger partial charge in [0, 0.05) is 12.1 Å². The highest BCUT2D eigenvalue weighted by Crippen LogP contribution is 2.37. The van der Waals surface area contributed by atoms with Gasteiger partial charge in [-0.05, 0) is 55.8 Å². The van der Waals surface area contributed by atoms with Crippen LogP contribution >= 0.6 is 0 Å². The lowest BCUT2D eigenvalue weighted by Gasteiger charge is -2.38. The van der Waals surface area contributed by atoms with Crippen molar-refractivity contribution in [2.75, 3.05) is 0 Å². The number of hydrogen-bond donors (Lipinski definition) is 2. The van der Waals surface area contributed by atoms with E-state index >= 15 is 0 Å². The van der Waals surface area contributed by atoms with Gasteiger partial charge in [0.05, 0.1) is 0 Å². The molecule has 19 heavy (non-hydrogen) atoms. The first-order valence-electron chi connectivity index (χ1n) is 8.48. The second-order valence-electron chi connectivity index (χ2n) is 8.07. The highest BCUT2D eigenvalue weighted by atomic mass is 15.4. The SMILES string of the molecule is CC1CCCCC1NNC1CCC(C(C)(C)C)CC1. The van der Waals surface area contributed by atoms with Crippen LogP contribution in [-0.2, 0) is 0 Å². The fourth-order valence-corrected chi connectivity index (χ4v) is 3.86. The smallest absolute Gasteiger partial charge is 0.0238 e. The summed E-state index contributed by atoms with van der Waals surface area (Å²) in [6.45, 7) is 9.59. The number of rotatable bonds is 3. The predicted molar refractivity (Wildman–Crippen MR) is 82.9 cm³/mol. The topological polar surface area (TPSA) is 24.1 Å². The molecule has 0 aromatic heterocycles. The van der Waals surface area contributed by atoms with Crippen LogP contribution in [0.1, 0.15) is 79.1 Å². The van der Waals surface area contributed by atoms with Gasteiger partial charge < -0.3 is 0 Å². The van der Waals surface area contributed by atoms with Gasteiger partial charge in [0.2, 0.25) is 0 Å². The first-order chi connectivity index (χ1) is 8.97. The molecular formula is C17H34N2. The van der Waals surface area contributed by atoms with Gasteiger partial charge in [0.25, 0.3) is 0 Å². The van der Waals surface area contributed by atoms with Gasteiger partial charge in [0.1, 0.15) is 0 Å². The van der Waals surface area contributed by atoms with Crippen LogP contribution in [0.5, 0.6) is 0 Å². The highest BCUT2D eigenvalue weighted by molar-refractivity contribution is 4.84. The van der Waals surface area contributed by atoms with Crippen molar-refractivity contribution in [2.24, 2.45) is 17.3 Å². The van der Waals surface area contributed by atoms with E-state index in [1.807, 2.05) is 0 Å². The number of hydrogen-bond acceptors (Lipinski definition) is 2. The molecule has 0 spiro atoms. The Morgan fingerprint density at radius 3 is 2.00 bits per heavy atom. The van der Waals surface area contributed by atoms with Gasteiger partial charge in [0.15, 0.2) is 0 Å². The van der Waals surface area contributed by atoms with Crippen LogP contribution in [0.2, 0.25) is 0 Å². The minimum absolute atomic E-state index is 0.496. The van der Waals surface area contributed by atoms with E-state index in [9.17, 15) is 0 Å². The van der Waals surface area contributed by atoms with E-state index in [2.05, 4.69) is 38.5 Å². The zero-order chi connectivity index (χ0) is 13.9. The van der Waals surface area contributed by atoms with E-state index in [-0.39, 0.29) is 0 Å². The Labute approximate surface area is 120 Å². The Morgan fingerprint density at radius 1 is 0.789 bits per heavy atom. The summed E-state index contributed by atoms with van der Waals surface area (Å²) >= 11 is 0. The van der Waals surface area contributed by atoms with E-state index in [1.165, 1.54) is 51.4 Å². The molecule has 0 saturated heterocycles. The molecule has 0 bridgehead atoms. The van der Waals surface area contributed by atoms with Crippen LogP contribution < -0.4 is 10.9 Å². The third-order valence-corrected chi connectivity index (χ3v) is 5.54. The molecule has 2 fully saturated rings. The first-order valence-corrected chi connectivity index (χ1v) is 8.48. The molecule has 0 amide bonds. The van der Waals surface area contributed by atoms with Crippen LogP contribution in [-0.4, -0.2) is 12.1 Å². The van der Waals surface area contributed by atoms with Crippen molar-refractivity contribution in [3.8, 4) is 0 Å². The second kappa shape index (κ2) is 6.58. The Kier molecular flexibility index (Phi) is 5.30.